The van der Waals surface area contributed by atoms with Crippen LogP contribution in [-0.4, -0.2) is 15.0 Å². The lowest BCUT2D eigenvalue weighted by Crippen LogP contribution is -2.11. The van der Waals surface area contributed by atoms with Gasteiger partial charge in [-0.3, -0.25) is 15.0 Å². The molecule has 0 aliphatic heterocycles. The summed E-state index contributed by atoms with van der Waals surface area (Å²) in [5.74, 6) is 1.01. The van der Waals surface area contributed by atoms with E-state index in [0.717, 1.165) is 67.2 Å². The molecule has 0 saturated heterocycles. The number of rotatable bonds is 11. The normalized spacial score (nSPS) is 12.0. The third kappa shape index (κ3) is 9.60. The zero-order chi connectivity index (χ0) is 47.5. The SMILES string of the molecule is CC(C)C(C)c1ccnc(-c2ccc(-c3ccccc3-c3cc(-c4ccccc4-c4ccc(-c5ccccn5)cc4)cc(-c4ccccc4-c4ccc(-c5cc(C(C)(C)C)ccn5)cc4)c3)cc2)c1. The molecule has 0 amide bonds. The summed E-state index contributed by atoms with van der Waals surface area (Å²) in [6.07, 6.45) is 5.72. The number of nitrogens with zero attached hydrogens (tertiary/aromatic N) is 3. The number of hydrogen-bond donors (Lipinski definition) is 0. The van der Waals surface area contributed by atoms with Crippen LogP contribution >= 0.6 is 0 Å². The highest BCUT2D eigenvalue weighted by molar-refractivity contribution is 5.94. The Bertz CT molecular complexity index is 3380. The molecule has 3 nitrogen and oxygen atoms in total. The second kappa shape index (κ2) is 19.3. The van der Waals surface area contributed by atoms with Crippen LogP contribution in [-0.2, 0) is 5.41 Å². The summed E-state index contributed by atoms with van der Waals surface area (Å²) in [7, 11) is 0. The molecule has 0 N–H and O–H groups in total. The van der Waals surface area contributed by atoms with E-state index in [1.54, 1.807) is 0 Å². The Kier molecular flexibility index (Phi) is 12.5. The van der Waals surface area contributed by atoms with Crippen molar-refractivity contribution in [2.24, 2.45) is 5.92 Å². The van der Waals surface area contributed by atoms with Gasteiger partial charge in [0.2, 0.25) is 0 Å². The van der Waals surface area contributed by atoms with Gasteiger partial charge < -0.3 is 0 Å². The Balaban J connectivity index is 1.09. The predicted molar refractivity (Wildman–Crippen MR) is 291 cm³/mol. The summed E-state index contributed by atoms with van der Waals surface area (Å²) in [4.78, 5) is 14.2. The molecule has 0 bridgehead atoms. The molecule has 336 valence electrons. The first-order chi connectivity index (χ1) is 33.6. The monoisotopic (exact) mass is 891 g/mol. The minimum absolute atomic E-state index is 0.0388. The van der Waals surface area contributed by atoms with E-state index >= 15 is 0 Å². The fourth-order valence-corrected chi connectivity index (χ4v) is 9.38. The average Bonchev–Trinajstić information content (AvgIpc) is 3.40. The Labute approximate surface area is 408 Å². The second-order valence-electron chi connectivity index (χ2n) is 19.6. The molecule has 0 saturated carbocycles. The zero-order valence-electron chi connectivity index (χ0n) is 40.4. The lowest BCUT2D eigenvalue weighted by molar-refractivity contribution is 0.535. The lowest BCUT2D eigenvalue weighted by Gasteiger charge is -2.19. The molecule has 0 radical (unpaired) electrons. The molecular weight excluding hydrogens is 835 g/mol. The molecule has 1 atom stereocenters. The molecule has 69 heavy (non-hydrogen) atoms. The molecule has 3 heteroatoms. The van der Waals surface area contributed by atoms with E-state index in [-0.39, 0.29) is 5.41 Å². The van der Waals surface area contributed by atoms with Crippen molar-refractivity contribution >= 4 is 0 Å². The summed E-state index contributed by atoms with van der Waals surface area (Å²) in [6, 6.07) is 74.9. The molecule has 0 fully saturated rings. The van der Waals surface area contributed by atoms with Crippen LogP contribution < -0.4 is 0 Å². The molecule has 10 rings (SSSR count). The Hall–Kier alpha value is -8.01. The first kappa shape index (κ1) is 44.8. The van der Waals surface area contributed by atoms with Crippen molar-refractivity contribution in [2.45, 2.75) is 52.9 Å². The number of aromatic nitrogens is 3. The van der Waals surface area contributed by atoms with E-state index in [1.165, 1.54) is 44.5 Å². The van der Waals surface area contributed by atoms with Gasteiger partial charge in [0, 0.05) is 35.3 Å². The van der Waals surface area contributed by atoms with Gasteiger partial charge in [-0.25, -0.2) is 0 Å². The van der Waals surface area contributed by atoms with E-state index < -0.39 is 0 Å². The van der Waals surface area contributed by atoms with Crippen molar-refractivity contribution in [3.05, 3.63) is 236 Å². The van der Waals surface area contributed by atoms with Crippen LogP contribution in [0.5, 0.6) is 0 Å². The van der Waals surface area contributed by atoms with Gasteiger partial charge in [-0.05, 0) is 150 Å². The fourth-order valence-electron chi connectivity index (χ4n) is 9.38. The molecule has 1 unspecified atom stereocenters. The van der Waals surface area contributed by atoms with Crippen LogP contribution in [0, 0.1) is 5.92 Å². The van der Waals surface area contributed by atoms with Crippen LogP contribution in [0.15, 0.2) is 225 Å². The topological polar surface area (TPSA) is 38.7 Å². The van der Waals surface area contributed by atoms with Crippen LogP contribution in [0.3, 0.4) is 0 Å². The van der Waals surface area contributed by atoms with Crippen molar-refractivity contribution < 1.29 is 0 Å². The van der Waals surface area contributed by atoms with Gasteiger partial charge >= 0.3 is 0 Å². The van der Waals surface area contributed by atoms with Crippen molar-refractivity contribution in [1.82, 2.24) is 15.0 Å². The van der Waals surface area contributed by atoms with Gasteiger partial charge in [0.25, 0.3) is 0 Å². The maximum absolute atomic E-state index is 4.80. The van der Waals surface area contributed by atoms with Gasteiger partial charge in [-0.1, -0.05) is 193 Å². The van der Waals surface area contributed by atoms with Gasteiger partial charge in [-0.2, -0.15) is 0 Å². The fraction of sp³-hybridized carbons (Fsp3) is 0.136. The summed E-state index contributed by atoms with van der Waals surface area (Å²) in [5.41, 5.74) is 22.8. The van der Waals surface area contributed by atoms with Gasteiger partial charge in [-0.15, -0.1) is 0 Å². The quantitative estimate of drug-likeness (QED) is 0.130. The largest absolute Gasteiger partial charge is 0.256 e. The first-order valence-electron chi connectivity index (χ1n) is 24.2. The Morgan fingerprint density at radius 1 is 0.304 bits per heavy atom. The van der Waals surface area contributed by atoms with Crippen LogP contribution in [0.1, 0.15) is 58.6 Å². The maximum atomic E-state index is 4.80. The van der Waals surface area contributed by atoms with E-state index in [9.17, 15) is 0 Å². The van der Waals surface area contributed by atoms with Crippen molar-refractivity contribution in [2.75, 3.05) is 0 Å². The summed E-state index contributed by atoms with van der Waals surface area (Å²) >= 11 is 0. The predicted octanol–water partition coefficient (Wildman–Crippen LogP) is 17.9. The summed E-state index contributed by atoms with van der Waals surface area (Å²) < 4.78 is 0. The highest BCUT2D eigenvalue weighted by Gasteiger charge is 2.19. The number of hydrogen-bond acceptors (Lipinski definition) is 3. The number of benzene rings is 7. The number of pyridine rings is 3. The molecule has 3 aromatic heterocycles. The molecule has 10 aromatic rings. The van der Waals surface area contributed by atoms with Crippen molar-refractivity contribution in [1.29, 1.82) is 0 Å². The smallest absolute Gasteiger partial charge is 0.0704 e. The summed E-state index contributed by atoms with van der Waals surface area (Å²) in [6.45, 7) is 13.6. The molecule has 3 heterocycles. The first-order valence-corrected chi connectivity index (χ1v) is 24.2. The van der Waals surface area contributed by atoms with E-state index in [4.69, 9.17) is 9.97 Å². The van der Waals surface area contributed by atoms with E-state index in [2.05, 4.69) is 241 Å². The van der Waals surface area contributed by atoms with Crippen molar-refractivity contribution in [3.8, 4) is 101 Å². The van der Waals surface area contributed by atoms with E-state index in [1.807, 2.05) is 30.7 Å². The highest BCUT2D eigenvalue weighted by atomic mass is 14.7. The van der Waals surface area contributed by atoms with Gasteiger partial charge in [0.15, 0.2) is 0 Å². The Morgan fingerprint density at radius 3 is 1.04 bits per heavy atom. The van der Waals surface area contributed by atoms with Crippen LogP contribution in [0.4, 0.5) is 0 Å². The summed E-state index contributed by atoms with van der Waals surface area (Å²) in [5, 5.41) is 0. The maximum Gasteiger partial charge on any atom is 0.0704 e. The van der Waals surface area contributed by atoms with Gasteiger partial charge in [0.05, 0.1) is 17.1 Å². The molecule has 0 spiro atoms. The zero-order valence-corrected chi connectivity index (χ0v) is 40.4. The second-order valence-corrected chi connectivity index (χ2v) is 19.6. The minimum Gasteiger partial charge on any atom is -0.256 e. The standard InChI is InChI=1S/C66H57N3/c1-44(2)45(3)52-34-37-68-64(42-52)50-30-24-47(25-31-50)58-16-8-11-19-61(58)54-39-53(60-18-10-7-15-57(60)46-22-28-49(29-23-46)63-21-13-14-36-67-63)40-55(41-54)62-20-12-9-17-59(62)48-26-32-51(33-27-48)65-43-56(35-38-69-65)66(4,5)6/h7-45H,1-6H3. The van der Waals surface area contributed by atoms with E-state index in [0.29, 0.717) is 11.8 Å². The molecule has 7 aromatic carbocycles. The van der Waals surface area contributed by atoms with Gasteiger partial charge in [0.1, 0.15) is 0 Å². The molecular formula is C66H57N3. The third-order valence-corrected chi connectivity index (χ3v) is 13.7. The average molecular weight is 892 g/mol. The van der Waals surface area contributed by atoms with Crippen LogP contribution in [0.25, 0.3) is 101 Å². The Morgan fingerprint density at radius 2 is 0.652 bits per heavy atom. The van der Waals surface area contributed by atoms with Crippen molar-refractivity contribution in [3.63, 3.8) is 0 Å². The minimum atomic E-state index is 0.0388. The molecule has 0 aliphatic carbocycles. The third-order valence-electron chi connectivity index (χ3n) is 13.7. The lowest BCUT2D eigenvalue weighted by atomic mass is 9.86. The molecule has 0 aliphatic rings. The van der Waals surface area contributed by atoms with Crippen LogP contribution in [0.2, 0.25) is 0 Å². The highest BCUT2D eigenvalue weighted by Crippen LogP contribution is 2.43.